The summed E-state index contributed by atoms with van der Waals surface area (Å²) in [5, 5.41) is 9.64. The summed E-state index contributed by atoms with van der Waals surface area (Å²) in [6.07, 6.45) is 0. The van der Waals surface area contributed by atoms with E-state index in [4.69, 9.17) is 12.6 Å². The summed E-state index contributed by atoms with van der Waals surface area (Å²) in [4.78, 5) is 10.6. The maximum absolute atomic E-state index is 10.2. The first-order valence-corrected chi connectivity index (χ1v) is 113. The van der Waals surface area contributed by atoms with Gasteiger partial charge in [-0.15, -0.1) is 0 Å². The monoisotopic (exact) mass is 1090 g/mol. The summed E-state index contributed by atoms with van der Waals surface area (Å²) >= 11 is 19.7. The van der Waals surface area contributed by atoms with Gasteiger partial charge in [0.15, 0.2) is 0 Å². The zero-order chi connectivity index (χ0) is 28.7. The SMILES string of the molecule is C.C.O=C([O-])c1ccccc1[S-].O=S(=O)([O-])SCSS(=O)(=O)[O-].[H-].[K+].[K+].[K+].[K+].[K+].[K][K].[K][K].[K][K].[K][K].[K][K].[K][K]. The number of rotatable bonds is 5. The Bertz CT molecular complexity index is 697. The molecule has 0 amide bonds. The fourth-order valence-electron chi connectivity index (χ4n) is 0.773. The molecule has 0 saturated heterocycles. The van der Waals surface area contributed by atoms with Crippen LogP contribution in [0.25, 0.3) is 0 Å². The average Bonchev–Trinajstić information content (AvgIpc) is 2.81. The molecule has 0 bridgehead atoms. The van der Waals surface area contributed by atoms with Gasteiger partial charge in [-0.1, -0.05) is 39.1 Å². The summed E-state index contributed by atoms with van der Waals surface area (Å²) < 4.78 is 58.9. The van der Waals surface area contributed by atoms with Gasteiger partial charge in [0.05, 0.1) is 11.1 Å². The van der Waals surface area contributed by atoms with E-state index >= 15 is 0 Å². The molecule has 8 nitrogen and oxygen atoms in total. The van der Waals surface area contributed by atoms with Crippen LogP contribution in [0.15, 0.2) is 29.2 Å². The predicted molar refractivity (Wildman–Crippen MR) is 159 cm³/mol. The molecule has 0 aromatic heterocycles. The Morgan fingerprint density at radius 2 is 0.900 bits per heavy atom. The van der Waals surface area contributed by atoms with Crippen LogP contribution in [0.4, 0.5) is 0 Å². The van der Waals surface area contributed by atoms with Crippen molar-refractivity contribution in [3.63, 3.8) is 0 Å². The second kappa shape index (κ2) is 92.4. The van der Waals surface area contributed by atoms with E-state index in [1.54, 1.807) is 18.2 Å². The molecule has 1 aromatic carbocycles. The minimum absolute atomic E-state index is 0. The fraction of sp³-hybridized carbons (Fsp3) is 0.300. The third-order valence-electron chi connectivity index (χ3n) is 1.49. The van der Waals surface area contributed by atoms with E-state index in [-0.39, 0.29) is 300 Å². The molecule has 0 aliphatic carbocycles. The van der Waals surface area contributed by atoms with Gasteiger partial charge in [-0.05, 0) is 27.2 Å². The Hall–Kier alpha value is 27.2. The van der Waals surface area contributed by atoms with Crippen LogP contribution in [0.5, 0.6) is 0 Å². The normalized spacial score (nSPS) is 7.15. The molecule has 30 heteroatoms. The van der Waals surface area contributed by atoms with Crippen LogP contribution in [-0.2, 0) is 30.9 Å². The van der Waals surface area contributed by atoms with Gasteiger partial charge < -0.3 is 33.1 Å². The molecule has 40 heavy (non-hydrogen) atoms. The molecule has 0 saturated carbocycles. The molecule has 0 spiro atoms. The zero-order valence-corrected chi connectivity index (χ0v) is 84.0. The second-order valence-corrected chi connectivity index (χ2v) is 10.3. The van der Waals surface area contributed by atoms with Crippen molar-refractivity contribution in [2.45, 2.75) is 19.7 Å². The number of hydrogen-bond donors (Lipinski definition) is 0. The number of hydrogen-bond acceptors (Lipinski definition) is 11. The third-order valence-corrected chi connectivity index (χ3v) is 6.66. The summed E-state index contributed by atoms with van der Waals surface area (Å²) in [6, 6.07) is 6.29. The van der Waals surface area contributed by atoms with Crippen molar-refractivity contribution < 1.29 is 294 Å². The third kappa shape index (κ3) is 107. The predicted octanol–water partition coefficient (Wildman–Crippen LogP) is -18.9. The molecule has 0 aliphatic rings. The Morgan fingerprint density at radius 1 is 0.675 bits per heavy atom. The van der Waals surface area contributed by atoms with Gasteiger partial charge in [-0.25, -0.2) is 16.8 Å². The first-order valence-electron chi connectivity index (χ1n) is 10.6. The molecule has 0 fully saturated rings. The Kier molecular flexibility index (Phi) is 240. The molecule has 0 heterocycles. The van der Waals surface area contributed by atoms with Gasteiger partial charge in [0.25, 0.3) is 0 Å². The second-order valence-electron chi connectivity index (χ2n) is 2.95. The van der Waals surface area contributed by atoms with E-state index in [2.05, 4.69) is 0 Å². The minimum atomic E-state index is -4.50. The molecule has 0 radical (unpaired) electrons. The summed E-state index contributed by atoms with van der Waals surface area (Å²) in [5.74, 6) is -1.22. The fourth-order valence-corrected chi connectivity index (χ4v) is 5.64. The molecular weight excluding hydrogens is 1070 g/mol. The molecular formula is C10H15K17O8S5. The topological polar surface area (TPSA) is 155 Å². The molecule has 0 N–H and O–H groups in total. The van der Waals surface area contributed by atoms with Crippen LogP contribution < -0.4 is 262 Å². The van der Waals surface area contributed by atoms with Crippen molar-refractivity contribution in [1.29, 1.82) is 0 Å². The maximum atomic E-state index is 10.2. The first kappa shape index (κ1) is 104. The van der Waals surface area contributed by atoms with Crippen molar-refractivity contribution in [1.82, 2.24) is 0 Å². The zero-order valence-electron chi connectivity index (χ0n) is 27.8. The first-order chi connectivity index (χ1) is 15.4. The van der Waals surface area contributed by atoms with Gasteiger partial charge >= 0.3 is 636 Å². The van der Waals surface area contributed by atoms with E-state index in [1.165, 1.54) is 385 Å². The molecule has 150 valence electrons. The van der Waals surface area contributed by atoms with Crippen molar-refractivity contribution in [3.8, 4) is 0 Å². The molecule has 1 aromatic rings. The Balaban J connectivity index is -0.0000000162. The van der Waals surface area contributed by atoms with Crippen LogP contribution in [0.1, 0.15) is 26.6 Å². The summed E-state index contributed by atoms with van der Waals surface area (Å²) in [5.41, 5.74) is 0.0810. The molecule has 0 atom stereocenters. The Morgan fingerprint density at radius 3 is 1.05 bits per heavy atom. The number of benzene rings is 1. The summed E-state index contributed by atoms with van der Waals surface area (Å²) in [7, 11) is -9.29. The summed E-state index contributed by atoms with van der Waals surface area (Å²) in [6.45, 7) is 0. The van der Waals surface area contributed by atoms with Crippen LogP contribution >= 0.6 is 21.6 Å². The average molecular weight is 1090 g/mol. The van der Waals surface area contributed by atoms with E-state index in [9.17, 15) is 35.8 Å². The van der Waals surface area contributed by atoms with Crippen molar-refractivity contribution in [2.24, 2.45) is 0 Å². The quantitative estimate of drug-likeness (QED) is 0.0910. The number of aromatic carboxylic acids is 1. The van der Waals surface area contributed by atoms with E-state index in [1.807, 2.05) is 0 Å². The molecule has 1 rings (SSSR count). The van der Waals surface area contributed by atoms with Crippen LogP contribution in [-0.4, -0.2) is 416 Å². The standard InChI is InChI=1S/C7H6O2S.CH4O6S4.2CH4.17K.H/c8-7(9)5-3-1-2-4-6(5)10;2-10(3,4)8-1-9-11(5,6)7;;;;;;;;;;;;;;;;;;;;/h1-4,10H,(H,8,9);1H2,(H,2,3,4)(H,5,6,7);2*1H4;;;;;;;;;;;;;;;;;;/q;;;;;;;;;;;;;;;;5*+1;-1/p-4. The van der Waals surface area contributed by atoms with Gasteiger partial charge in [-0.3, -0.25) is 0 Å². The number of carbonyl (C=O) groups excluding carboxylic acids is 1. The van der Waals surface area contributed by atoms with Gasteiger partial charge in [0.2, 0.25) is 0 Å². The van der Waals surface area contributed by atoms with Gasteiger partial charge in [0.1, 0.15) is 18.3 Å². The molecule has 0 aliphatic heterocycles. The van der Waals surface area contributed by atoms with E-state index in [0.29, 0.717) is 4.90 Å². The number of carboxylic acids is 1. The number of carboxylic acid groups (broad SMARTS) is 1. The number of carbonyl (C=O) groups is 1. The Labute approximate surface area is 744 Å². The van der Waals surface area contributed by atoms with Crippen molar-refractivity contribution in [3.05, 3.63) is 29.8 Å². The van der Waals surface area contributed by atoms with Crippen molar-refractivity contribution in [2.75, 3.05) is 5.08 Å². The molecule has 0 unspecified atom stereocenters. The van der Waals surface area contributed by atoms with Crippen molar-refractivity contribution >= 4 is 437 Å². The van der Waals surface area contributed by atoms with Gasteiger partial charge in [0, 0.05) is 0 Å². The van der Waals surface area contributed by atoms with Crippen LogP contribution in [0.2, 0.25) is 0 Å². The van der Waals surface area contributed by atoms with Gasteiger partial charge in [-0.2, -0.15) is 4.90 Å². The van der Waals surface area contributed by atoms with Crippen LogP contribution in [0, 0.1) is 0 Å². The van der Waals surface area contributed by atoms with Crippen LogP contribution in [0.3, 0.4) is 0 Å². The van der Waals surface area contributed by atoms with E-state index < -0.39 is 29.4 Å². The van der Waals surface area contributed by atoms with E-state index in [0.717, 1.165) is 0 Å².